The van der Waals surface area contributed by atoms with Crippen molar-refractivity contribution >= 4 is 40.3 Å². The predicted octanol–water partition coefficient (Wildman–Crippen LogP) is 3.87. The fourth-order valence-corrected chi connectivity index (χ4v) is 3.32. The first kappa shape index (κ1) is 16.9. The van der Waals surface area contributed by atoms with E-state index in [1.165, 1.54) is 0 Å². The minimum Gasteiger partial charge on any atom is -0.497 e. The largest absolute Gasteiger partial charge is 0.497 e. The highest BCUT2D eigenvalue weighted by Crippen LogP contribution is 2.26. The van der Waals surface area contributed by atoms with E-state index in [4.69, 9.17) is 28.6 Å². The number of para-hydroxylation sites is 1. The topological polar surface area (TPSA) is 27.7 Å². The molecule has 0 spiro atoms. The maximum Gasteiger partial charge on any atom is 0.173 e. The fourth-order valence-electron chi connectivity index (χ4n) is 2.76. The van der Waals surface area contributed by atoms with Gasteiger partial charge in [-0.1, -0.05) is 29.8 Å². The Labute approximate surface area is 153 Å². The first-order valence-electron chi connectivity index (χ1n) is 7.87. The standard InChI is InChI=1S/C18H20ClN3OS/c1-23-15-6-4-5-14(13-15)20-18(24)22-11-9-21(10-12-22)17-8-3-2-7-16(17)19/h2-8,13H,9-12H2,1H3,(H,20,24). The molecule has 1 saturated heterocycles. The van der Waals surface area contributed by atoms with Crippen LogP contribution in [0.5, 0.6) is 5.75 Å². The van der Waals surface area contributed by atoms with E-state index in [0.717, 1.165) is 53.4 Å². The second-order valence-corrected chi connectivity index (χ2v) is 6.38. The Morgan fingerprint density at radius 1 is 1.08 bits per heavy atom. The zero-order valence-corrected chi connectivity index (χ0v) is 15.1. The lowest BCUT2D eigenvalue weighted by molar-refractivity contribution is 0.391. The zero-order valence-electron chi connectivity index (χ0n) is 13.5. The van der Waals surface area contributed by atoms with E-state index in [2.05, 4.69) is 21.2 Å². The average molecular weight is 362 g/mol. The molecule has 0 atom stereocenters. The minimum atomic E-state index is 0.738. The highest BCUT2D eigenvalue weighted by molar-refractivity contribution is 7.80. The highest BCUT2D eigenvalue weighted by Gasteiger charge is 2.20. The second kappa shape index (κ2) is 7.73. The molecule has 0 aliphatic carbocycles. The first-order valence-corrected chi connectivity index (χ1v) is 8.65. The van der Waals surface area contributed by atoms with Gasteiger partial charge in [0.25, 0.3) is 0 Å². The van der Waals surface area contributed by atoms with Crippen molar-refractivity contribution < 1.29 is 4.74 Å². The van der Waals surface area contributed by atoms with Crippen molar-refractivity contribution in [3.8, 4) is 5.75 Å². The molecule has 0 saturated carbocycles. The van der Waals surface area contributed by atoms with Crippen molar-refractivity contribution in [1.82, 2.24) is 4.90 Å². The molecule has 1 heterocycles. The molecule has 1 aliphatic rings. The van der Waals surface area contributed by atoms with Gasteiger partial charge in [-0.25, -0.2) is 0 Å². The molecule has 0 unspecified atom stereocenters. The maximum atomic E-state index is 6.29. The van der Waals surface area contributed by atoms with E-state index in [0.29, 0.717) is 0 Å². The Bertz CT molecular complexity index is 717. The number of thiocarbonyl (C=S) groups is 1. The smallest absolute Gasteiger partial charge is 0.173 e. The van der Waals surface area contributed by atoms with Gasteiger partial charge in [-0.05, 0) is 36.5 Å². The van der Waals surface area contributed by atoms with E-state index in [1.807, 2.05) is 42.5 Å². The molecule has 4 nitrogen and oxygen atoms in total. The predicted molar refractivity (Wildman–Crippen MR) is 104 cm³/mol. The molecule has 0 amide bonds. The molecule has 0 aromatic heterocycles. The van der Waals surface area contributed by atoms with Gasteiger partial charge in [-0.3, -0.25) is 0 Å². The minimum absolute atomic E-state index is 0.738. The third-order valence-electron chi connectivity index (χ3n) is 4.08. The van der Waals surface area contributed by atoms with Crippen LogP contribution in [0.1, 0.15) is 0 Å². The summed E-state index contributed by atoms with van der Waals surface area (Å²) >= 11 is 11.8. The molecule has 1 fully saturated rings. The van der Waals surface area contributed by atoms with E-state index in [-0.39, 0.29) is 0 Å². The fraction of sp³-hybridized carbons (Fsp3) is 0.278. The molecule has 1 N–H and O–H groups in total. The number of anilines is 2. The van der Waals surface area contributed by atoms with Crippen LogP contribution >= 0.6 is 23.8 Å². The summed E-state index contributed by atoms with van der Waals surface area (Å²) in [7, 11) is 1.66. The Hall–Kier alpha value is -1.98. The van der Waals surface area contributed by atoms with E-state index in [1.54, 1.807) is 7.11 Å². The van der Waals surface area contributed by atoms with Crippen LogP contribution < -0.4 is 15.0 Å². The molecule has 0 bridgehead atoms. The molecule has 0 radical (unpaired) electrons. The number of halogens is 1. The summed E-state index contributed by atoms with van der Waals surface area (Å²) in [5, 5.41) is 4.82. The summed E-state index contributed by atoms with van der Waals surface area (Å²) in [6, 6.07) is 15.7. The molecule has 24 heavy (non-hydrogen) atoms. The van der Waals surface area contributed by atoms with Crippen molar-refractivity contribution in [3.63, 3.8) is 0 Å². The lowest BCUT2D eigenvalue weighted by atomic mass is 10.2. The zero-order chi connectivity index (χ0) is 16.9. The Kier molecular flexibility index (Phi) is 5.43. The van der Waals surface area contributed by atoms with Crippen molar-refractivity contribution in [2.24, 2.45) is 0 Å². The van der Waals surface area contributed by atoms with Crippen LogP contribution in [0.25, 0.3) is 0 Å². The number of benzene rings is 2. The van der Waals surface area contributed by atoms with Crippen molar-refractivity contribution in [2.75, 3.05) is 43.5 Å². The van der Waals surface area contributed by atoms with Crippen LogP contribution in [-0.2, 0) is 0 Å². The van der Waals surface area contributed by atoms with Crippen molar-refractivity contribution in [2.45, 2.75) is 0 Å². The molecule has 3 rings (SSSR count). The second-order valence-electron chi connectivity index (χ2n) is 5.59. The van der Waals surface area contributed by atoms with Gasteiger partial charge in [0.1, 0.15) is 5.75 Å². The van der Waals surface area contributed by atoms with Gasteiger partial charge in [0.15, 0.2) is 5.11 Å². The van der Waals surface area contributed by atoms with Gasteiger partial charge in [-0.15, -0.1) is 0 Å². The molecular formula is C18H20ClN3OS. The third-order valence-corrected chi connectivity index (χ3v) is 4.76. The number of nitrogens with one attached hydrogen (secondary N) is 1. The summed E-state index contributed by atoms with van der Waals surface area (Å²) in [4.78, 5) is 4.48. The van der Waals surface area contributed by atoms with Gasteiger partial charge in [0.2, 0.25) is 0 Å². The number of nitrogens with zero attached hydrogens (tertiary/aromatic N) is 2. The third kappa shape index (κ3) is 3.91. The van der Waals surface area contributed by atoms with Crippen LogP contribution in [0.3, 0.4) is 0 Å². The van der Waals surface area contributed by atoms with Gasteiger partial charge < -0.3 is 19.9 Å². The summed E-state index contributed by atoms with van der Waals surface area (Å²) in [5.41, 5.74) is 2.03. The van der Waals surface area contributed by atoms with Crippen molar-refractivity contribution in [1.29, 1.82) is 0 Å². The molecule has 2 aromatic carbocycles. The molecule has 1 aliphatic heterocycles. The lowest BCUT2D eigenvalue weighted by Gasteiger charge is -2.37. The number of piperazine rings is 1. The van der Waals surface area contributed by atoms with E-state index in [9.17, 15) is 0 Å². The van der Waals surface area contributed by atoms with E-state index < -0.39 is 0 Å². The normalized spacial score (nSPS) is 14.4. The Morgan fingerprint density at radius 2 is 1.83 bits per heavy atom. The maximum absolute atomic E-state index is 6.29. The average Bonchev–Trinajstić information content (AvgIpc) is 2.62. The Balaban J connectivity index is 1.58. The SMILES string of the molecule is COc1cccc(NC(=S)N2CCN(c3ccccc3Cl)CC2)c1. The number of hydrogen-bond donors (Lipinski definition) is 1. The summed E-state index contributed by atoms with van der Waals surface area (Å²) < 4.78 is 5.24. The van der Waals surface area contributed by atoms with Crippen LogP contribution in [0.2, 0.25) is 5.02 Å². The molecule has 6 heteroatoms. The van der Waals surface area contributed by atoms with Gasteiger partial charge in [0.05, 0.1) is 17.8 Å². The van der Waals surface area contributed by atoms with Crippen LogP contribution in [0.15, 0.2) is 48.5 Å². The summed E-state index contributed by atoms with van der Waals surface area (Å²) in [6.45, 7) is 3.51. The van der Waals surface area contributed by atoms with Crippen LogP contribution in [0.4, 0.5) is 11.4 Å². The highest BCUT2D eigenvalue weighted by atomic mass is 35.5. The first-order chi connectivity index (χ1) is 11.7. The number of methoxy groups -OCH3 is 1. The lowest BCUT2D eigenvalue weighted by Crippen LogP contribution is -2.50. The van der Waals surface area contributed by atoms with E-state index >= 15 is 0 Å². The van der Waals surface area contributed by atoms with Crippen LogP contribution in [-0.4, -0.2) is 43.3 Å². The van der Waals surface area contributed by atoms with Crippen molar-refractivity contribution in [3.05, 3.63) is 53.6 Å². The molecular weight excluding hydrogens is 342 g/mol. The quantitative estimate of drug-likeness (QED) is 0.838. The molecule has 126 valence electrons. The van der Waals surface area contributed by atoms with Crippen LogP contribution in [0, 0.1) is 0 Å². The Morgan fingerprint density at radius 3 is 2.54 bits per heavy atom. The monoisotopic (exact) mass is 361 g/mol. The van der Waals surface area contributed by atoms with Gasteiger partial charge >= 0.3 is 0 Å². The summed E-state index contributed by atoms with van der Waals surface area (Å²) in [6.07, 6.45) is 0. The van der Waals surface area contributed by atoms with Gasteiger partial charge in [-0.2, -0.15) is 0 Å². The number of ether oxygens (including phenoxy) is 1. The molecule has 2 aromatic rings. The number of rotatable bonds is 3. The van der Waals surface area contributed by atoms with Gasteiger partial charge in [0, 0.05) is 37.9 Å². The number of hydrogen-bond acceptors (Lipinski definition) is 3. The summed E-state index contributed by atoms with van der Waals surface area (Å²) in [5.74, 6) is 0.811.